The van der Waals surface area contributed by atoms with Crippen LogP contribution in [0.4, 0.5) is 13.2 Å². The zero-order valence-corrected chi connectivity index (χ0v) is 21.5. The van der Waals surface area contributed by atoms with Gasteiger partial charge in [0.05, 0.1) is 16.1 Å². The minimum Gasteiger partial charge on any atom is -0.483 e. The third-order valence-corrected chi connectivity index (χ3v) is 7.75. The molecule has 1 amide bonds. The second-order valence-corrected chi connectivity index (χ2v) is 10.9. The fourth-order valence-electron chi connectivity index (χ4n) is 3.56. The Kier molecular flexibility index (Phi) is 7.36. The number of nitrogens with zero attached hydrogens (tertiary/aromatic N) is 3. The van der Waals surface area contributed by atoms with Crippen molar-refractivity contribution in [2.24, 2.45) is 7.05 Å². The molecular weight excluding hydrogens is 573 g/mol. The van der Waals surface area contributed by atoms with E-state index in [2.05, 4.69) is 4.37 Å². The van der Waals surface area contributed by atoms with Crippen LogP contribution in [0.3, 0.4) is 0 Å². The number of sulfonamides is 1. The lowest BCUT2D eigenvalue weighted by molar-refractivity contribution is -0.144. The van der Waals surface area contributed by atoms with Gasteiger partial charge in [-0.05, 0) is 41.9 Å². The zero-order valence-electron chi connectivity index (χ0n) is 19.2. The minimum atomic E-state index is -4.89. The van der Waals surface area contributed by atoms with Gasteiger partial charge in [-0.1, -0.05) is 12.1 Å². The number of aromatic nitrogens is 3. The Morgan fingerprint density at radius 2 is 1.87 bits per heavy atom. The molecule has 1 N–H and O–H groups in total. The molecule has 0 spiro atoms. The Labute approximate surface area is 221 Å². The molecule has 0 radical (unpaired) electrons. The highest BCUT2D eigenvalue weighted by Crippen LogP contribution is 2.37. The molecule has 38 heavy (non-hydrogen) atoms. The first kappa shape index (κ1) is 27.3. The number of carbonyl (C=O) groups is 1. The predicted octanol–water partition coefficient (Wildman–Crippen LogP) is 2.85. The molecule has 2 heterocycles. The SMILES string of the molecule is Cn1c(C(F)(F)F)cc(=O)n(-c2ccc3snc(-c4ccccc4OCC(=O)NS(=O)(=O)CCl)c3c2)c1=O. The highest BCUT2D eigenvalue weighted by Gasteiger charge is 2.35. The predicted molar refractivity (Wildman–Crippen MR) is 134 cm³/mol. The van der Waals surface area contributed by atoms with Crippen molar-refractivity contribution >= 4 is 49.2 Å². The number of hydrogen-bond acceptors (Lipinski definition) is 8. The molecule has 0 aliphatic heterocycles. The van der Waals surface area contributed by atoms with Crippen LogP contribution in [0.25, 0.3) is 27.0 Å². The quantitative estimate of drug-likeness (QED) is 0.329. The van der Waals surface area contributed by atoms with Crippen LogP contribution in [0.15, 0.2) is 58.1 Å². The molecule has 0 unspecified atom stereocenters. The van der Waals surface area contributed by atoms with Crippen LogP contribution in [0.5, 0.6) is 5.75 Å². The summed E-state index contributed by atoms with van der Waals surface area (Å²) < 4.78 is 75.8. The zero-order chi connectivity index (χ0) is 27.8. The topological polar surface area (TPSA) is 129 Å². The first-order valence-corrected chi connectivity index (χ1v) is 13.4. The summed E-state index contributed by atoms with van der Waals surface area (Å²) in [6.45, 7) is -0.655. The fraction of sp³-hybridized carbons (Fsp3) is 0.182. The number of rotatable bonds is 7. The number of alkyl halides is 4. The first-order valence-electron chi connectivity index (χ1n) is 10.4. The second-order valence-electron chi connectivity index (χ2n) is 7.79. The largest absolute Gasteiger partial charge is 0.483 e. The lowest BCUT2D eigenvalue weighted by Gasteiger charge is -2.14. The van der Waals surface area contributed by atoms with E-state index >= 15 is 0 Å². The number of amides is 1. The van der Waals surface area contributed by atoms with Gasteiger partial charge >= 0.3 is 11.9 Å². The molecule has 0 aliphatic rings. The normalized spacial score (nSPS) is 12.0. The number of nitrogens with one attached hydrogen (secondary N) is 1. The van der Waals surface area contributed by atoms with Crippen molar-refractivity contribution in [1.82, 2.24) is 18.2 Å². The molecule has 0 aliphatic carbocycles. The van der Waals surface area contributed by atoms with Crippen molar-refractivity contribution in [3.8, 4) is 22.7 Å². The lowest BCUT2D eigenvalue weighted by atomic mass is 10.1. The van der Waals surface area contributed by atoms with Crippen LogP contribution in [0, 0.1) is 0 Å². The standard InChI is InChI=1S/C22H16ClF3N4O6S2/c1-29-17(22(24,25)26)9-19(32)30(21(29)33)12-6-7-16-14(8-12)20(27-37-16)13-4-2-3-5-15(13)36-10-18(31)28-38(34,35)11-23/h2-9H,10-11H2,1H3,(H,28,31). The van der Waals surface area contributed by atoms with E-state index in [0.717, 1.165) is 18.6 Å². The van der Waals surface area contributed by atoms with Gasteiger partial charge in [-0.25, -0.2) is 22.5 Å². The molecule has 2 aromatic carbocycles. The molecule has 0 saturated carbocycles. The van der Waals surface area contributed by atoms with Crippen LogP contribution >= 0.6 is 23.1 Å². The van der Waals surface area contributed by atoms with Crippen molar-refractivity contribution in [3.05, 3.63) is 75.1 Å². The van der Waals surface area contributed by atoms with E-state index in [4.69, 9.17) is 16.3 Å². The number of hydrogen-bond donors (Lipinski definition) is 1. The number of ether oxygens (including phenoxy) is 1. The number of para-hydroxylation sites is 1. The maximum Gasteiger partial charge on any atom is 0.431 e. The molecule has 0 saturated heterocycles. The Hall–Kier alpha value is -3.69. The number of benzene rings is 2. The third-order valence-electron chi connectivity index (χ3n) is 5.24. The summed E-state index contributed by atoms with van der Waals surface area (Å²) in [6.07, 6.45) is -4.89. The van der Waals surface area contributed by atoms with Crippen LogP contribution < -0.4 is 20.7 Å². The highest BCUT2D eigenvalue weighted by molar-refractivity contribution is 7.91. The van der Waals surface area contributed by atoms with Gasteiger partial charge in [0.2, 0.25) is 10.0 Å². The number of halogens is 4. The van der Waals surface area contributed by atoms with Crippen molar-refractivity contribution < 1.29 is 31.1 Å². The molecular formula is C22H16ClF3N4O6S2. The van der Waals surface area contributed by atoms with E-state index in [0.29, 0.717) is 36.5 Å². The highest BCUT2D eigenvalue weighted by atomic mass is 35.5. The van der Waals surface area contributed by atoms with Crippen molar-refractivity contribution in [1.29, 1.82) is 0 Å². The summed E-state index contributed by atoms with van der Waals surface area (Å²) in [5.74, 6) is -0.783. The number of fused-ring (bicyclic) bond motifs is 1. The molecule has 10 nitrogen and oxygen atoms in total. The monoisotopic (exact) mass is 588 g/mol. The van der Waals surface area contributed by atoms with Crippen LogP contribution in [0.2, 0.25) is 0 Å². The molecule has 4 aromatic rings. The summed E-state index contributed by atoms with van der Waals surface area (Å²) in [5.41, 5.74) is -2.97. The van der Waals surface area contributed by atoms with Crippen LogP contribution in [0.1, 0.15) is 5.69 Å². The summed E-state index contributed by atoms with van der Waals surface area (Å²) >= 11 is 6.35. The molecule has 0 atom stereocenters. The van der Waals surface area contributed by atoms with E-state index in [1.807, 2.05) is 0 Å². The van der Waals surface area contributed by atoms with Gasteiger partial charge in [-0.15, -0.1) is 11.6 Å². The van der Waals surface area contributed by atoms with Crippen molar-refractivity contribution in [2.45, 2.75) is 6.18 Å². The Morgan fingerprint density at radius 1 is 1.16 bits per heavy atom. The van der Waals surface area contributed by atoms with E-state index in [1.54, 1.807) is 29.0 Å². The van der Waals surface area contributed by atoms with Gasteiger partial charge in [0.1, 0.15) is 16.7 Å². The maximum absolute atomic E-state index is 13.2. The molecule has 0 bridgehead atoms. The van der Waals surface area contributed by atoms with Gasteiger partial charge in [0.15, 0.2) is 6.61 Å². The van der Waals surface area contributed by atoms with E-state index < -0.39 is 50.9 Å². The Bertz CT molecular complexity index is 1780. The van der Waals surface area contributed by atoms with E-state index in [1.165, 1.54) is 18.2 Å². The van der Waals surface area contributed by atoms with Crippen LogP contribution in [-0.4, -0.2) is 39.7 Å². The van der Waals surface area contributed by atoms with Crippen LogP contribution in [-0.2, 0) is 28.0 Å². The average molecular weight is 589 g/mol. The average Bonchev–Trinajstić information content (AvgIpc) is 3.27. The van der Waals surface area contributed by atoms with E-state index in [9.17, 15) is 36.0 Å². The number of carbonyl (C=O) groups excluding carboxylic acids is 1. The summed E-state index contributed by atoms with van der Waals surface area (Å²) in [4.78, 5) is 37.2. The van der Waals surface area contributed by atoms with Gasteiger partial charge in [-0.3, -0.25) is 14.2 Å². The third kappa shape index (κ3) is 5.44. The maximum atomic E-state index is 13.2. The minimum absolute atomic E-state index is 0.0160. The summed E-state index contributed by atoms with van der Waals surface area (Å²) in [7, 11) is -3.08. The van der Waals surface area contributed by atoms with Crippen molar-refractivity contribution in [2.75, 3.05) is 11.8 Å². The molecule has 16 heteroatoms. The lowest BCUT2D eigenvalue weighted by Crippen LogP contribution is -2.40. The Morgan fingerprint density at radius 3 is 2.55 bits per heavy atom. The summed E-state index contributed by atoms with van der Waals surface area (Å²) in [6, 6.07) is 11.1. The summed E-state index contributed by atoms with van der Waals surface area (Å²) in [5, 5.41) is -0.361. The first-order chi connectivity index (χ1) is 17.8. The fourth-order valence-corrected chi connectivity index (χ4v) is 4.95. The van der Waals surface area contributed by atoms with Gasteiger partial charge in [0, 0.05) is 24.1 Å². The van der Waals surface area contributed by atoms with Gasteiger partial charge in [-0.2, -0.15) is 17.5 Å². The van der Waals surface area contributed by atoms with Crippen molar-refractivity contribution in [3.63, 3.8) is 0 Å². The molecule has 2 aromatic heterocycles. The van der Waals surface area contributed by atoms with Gasteiger partial charge < -0.3 is 4.74 Å². The Balaban J connectivity index is 1.75. The smallest absolute Gasteiger partial charge is 0.431 e. The van der Waals surface area contributed by atoms with Gasteiger partial charge in [0.25, 0.3) is 11.5 Å². The molecule has 4 rings (SSSR count). The second kappa shape index (κ2) is 10.2. The molecule has 0 fully saturated rings. The van der Waals surface area contributed by atoms with E-state index in [-0.39, 0.29) is 11.4 Å². The molecule has 200 valence electrons.